The average molecular weight is 346 g/mol. The van der Waals surface area contributed by atoms with E-state index < -0.39 is 11.2 Å². The molecule has 0 spiro atoms. The van der Waals surface area contributed by atoms with Crippen LogP contribution in [0.4, 0.5) is 11.8 Å². The number of nitrogens with one attached hydrogen (secondary N) is 3. The second-order valence-electron chi connectivity index (χ2n) is 5.87. The Hall–Kier alpha value is -2.75. The van der Waals surface area contributed by atoms with Crippen molar-refractivity contribution < 1.29 is 0 Å². The van der Waals surface area contributed by atoms with E-state index in [0.29, 0.717) is 6.54 Å². The third-order valence-electron chi connectivity index (χ3n) is 4.11. The van der Waals surface area contributed by atoms with Gasteiger partial charge in [0.05, 0.1) is 0 Å². The zero-order valence-corrected chi connectivity index (χ0v) is 13.9. The van der Waals surface area contributed by atoms with Gasteiger partial charge in [-0.2, -0.15) is 0 Å². The Morgan fingerprint density at radius 1 is 1.08 bits per heavy atom. The summed E-state index contributed by atoms with van der Waals surface area (Å²) in [4.78, 5) is 37.7. The highest BCUT2D eigenvalue weighted by molar-refractivity contribution is 5.29. The fourth-order valence-electron chi connectivity index (χ4n) is 2.76. The van der Waals surface area contributed by atoms with Crippen LogP contribution in [-0.2, 0) is 0 Å². The second-order valence-corrected chi connectivity index (χ2v) is 5.87. The van der Waals surface area contributed by atoms with Crippen molar-refractivity contribution >= 4 is 11.8 Å². The lowest BCUT2D eigenvalue weighted by atomic mass is 10.2. The molecule has 0 atom stereocenters. The normalized spacial score (nSPS) is 15.3. The van der Waals surface area contributed by atoms with Gasteiger partial charge in [0, 0.05) is 45.1 Å². The number of piperazine rings is 1. The van der Waals surface area contributed by atoms with Crippen LogP contribution >= 0.6 is 0 Å². The van der Waals surface area contributed by atoms with E-state index in [1.165, 1.54) is 0 Å². The second kappa shape index (κ2) is 8.38. The van der Waals surface area contributed by atoms with E-state index in [9.17, 15) is 9.59 Å². The Morgan fingerprint density at radius 2 is 1.84 bits per heavy atom. The summed E-state index contributed by atoms with van der Waals surface area (Å²) in [6, 6.07) is 1.82. The van der Waals surface area contributed by atoms with E-state index in [0.717, 1.165) is 51.5 Å². The minimum absolute atomic E-state index is 0.149. The molecule has 1 saturated heterocycles. The number of anilines is 2. The average Bonchev–Trinajstić information content (AvgIpc) is 2.64. The number of hydrogen-bond donors (Lipinski definition) is 3. The van der Waals surface area contributed by atoms with Crippen LogP contribution in [0.25, 0.3) is 0 Å². The zero-order chi connectivity index (χ0) is 17.5. The molecular formula is C15H22N8O2. The molecule has 3 N–H and O–H groups in total. The molecule has 10 nitrogen and oxygen atoms in total. The molecule has 1 fully saturated rings. The summed E-state index contributed by atoms with van der Waals surface area (Å²) in [6.07, 6.45) is 5.48. The molecule has 10 heteroatoms. The summed E-state index contributed by atoms with van der Waals surface area (Å²) >= 11 is 0. The lowest BCUT2D eigenvalue weighted by Gasteiger charge is -2.34. The molecule has 2 aromatic heterocycles. The lowest BCUT2D eigenvalue weighted by molar-refractivity contribution is 0.252. The van der Waals surface area contributed by atoms with Gasteiger partial charge in [-0.3, -0.25) is 14.7 Å². The van der Waals surface area contributed by atoms with Gasteiger partial charge in [0.15, 0.2) is 0 Å². The van der Waals surface area contributed by atoms with Gasteiger partial charge >= 0.3 is 5.69 Å². The SMILES string of the molecule is O=c1[nH]nc(NCCCCN2CCN(c3ncccn3)CC2)c(=O)[nH]1. The summed E-state index contributed by atoms with van der Waals surface area (Å²) in [5, 5.41) is 8.82. The fraction of sp³-hybridized carbons (Fsp3) is 0.533. The molecule has 0 bridgehead atoms. The van der Waals surface area contributed by atoms with Crippen molar-refractivity contribution in [2.75, 3.05) is 49.5 Å². The number of hydrogen-bond acceptors (Lipinski definition) is 8. The molecule has 134 valence electrons. The van der Waals surface area contributed by atoms with Crippen LogP contribution in [0.15, 0.2) is 28.0 Å². The van der Waals surface area contributed by atoms with Gasteiger partial charge in [0.25, 0.3) is 5.56 Å². The molecule has 0 saturated carbocycles. The van der Waals surface area contributed by atoms with E-state index in [4.69, 9.17) is 0 Å². The fourth-order valence-corrected chi connectivity index (χ4v) is 2.76. The van der Waals surface area contributed by atoms with Gasteiger partial charge in [-0.05, 0) is 25.5 Å². The van der Waals surface area contributed by atoms with E-state index in [1.54, 1.807) is 12.4 Å². The molecule has 0 amide bonds. The Bertz CT molecular complexity index is 767. The highest BCUT2D eigenvalue weighted by atomic mass is 16.2. The summed E-state index contributed by atoms with van der Waals surface area (Å²) in [6.45, 7) is 5.50. The predicted molar refractivity (Wildman–Crippen MR) is 93.9 cm³/mol. The largest absolute Gasteiger partial charge is 0.364 e. The van der Waals surface area contributed by atoms with Crippen molar-refractivity contribution in [3.63, 3.8) is 0 Å². The van der Waals surface area contributed by atoms with Crippen LogP contribution in [-0.4, -0.2) is 69.3 Å². The monoisotopic (exact) mass is 346 g/mol. The van der Waals surface area contributed by atoms with E-state index in [2.05, 4.69) is 40.3 Å². The molecule has 2 aromatic rings. The van der Waals surface area contributed by atoms with Gasteiger partial charge in [-0.1, -0.05) is 0 Å². The highest BCUT2D eigenvalue weighted by Gasteiger charge is 2.18. The van der Waals surface area contributed by atoms with E-state index >= 15 is 0 Å². The predicted octanol–water partition coefficient (Wildman–Crippen LogP) is -0.737. The summed E-state index contributed by atoms with van der Waals surface area (Å²) in [5.74, 6) is 0.945. The number of H-pyrrole nitrogens is 2. The maximum Gasteiger partial charge on any atom is 0.342 e. The molecule has 1 aliphatic heterocycles. The number of aromatic nitrogens is 5. The Balaban J connectivity index is 1.32. The molecule has 1 aliphatic rings. The third-order valence-corrected chi connectivity index (χ3v) is 4.11. The maximum absolute atomic E-state index is 11.5. The maximum atomic E-state index is 11.5. The van der Waals surface area contributed by atoms with E-state index in [-0.39, 0.29) is 5.82 Å². The van der Waals surface area contributed by atoms with Crippen molar-refractivity contribution in [3.8, 4) is 0 Å². The first-order valence-corrected chi connectivity index (χ1v) is 8.39. The smallest absolute Gasteiger partial charge is 0.342 e. The minimum atomic E-state index is -0.601. The number of nitrogens with zero attached hydrogens (tertiary/aromatic N) is 5. The molecule has 3 heterocycles. The van der Waals surface area contributed by atoms with Crippen molar-refractivity contribution in [1.82, 2.24) is 30.0 Å². The van der Waals surface area contributed by atoms with Gasteiger partial charge in [-0.15, -0.1) is 5.10 Å². The molecule has 0 aliphatic carbocycles. The van der Waals surface area contributed by atoms with Crippen LogP contribution in [0.5, 0.6) is 0 Å². The van der Waals surface area contributed by atoms with Crippen LogP contribution in [0, 0.1) is 0 Å². The Kier molecular flexibility index (Phi) is 5.73. The van der Waals surface area contributed by atoms with Crippen molar-refractivity contribution in [2.24, 2.45) is 0 Å². The Labute approximate surface area is 144 Å². The third kappa shape index (κ3) is 4.86. The molecule has 25 heavy (non-hydrogen) atoms. The van der Waals surface area contributed by atoms with Gasteiger partial charge in [0.2, 0.25) is 11.8 Å². The summed E-state index contributed by atoms with van der Waals surface area (Å²) in [7, 11) is 0. The number of unbranched alkanes of at least 4 members (excludes halogenated alkanes) is 1. The van der Waals surface area contributed by atoms with Crippen molar-refractivity contribution in [2.45, 2.75) is 12.8 Å². The first-order valence-electron chi connectivity index (χ1n) is 8.39. The highest BCUT2D eigenvalue weighted by Crippen LogP contribution is 2.10. The first-order chi connectivity index (χ1) is 12.2. The van der Waals surface area contributed by atoms with Crippen molar-refractivity contribution in [3.05, 3.63) is 39.3 Å². The summed E-state index contributed by atoms with van der Waals surface area (Å²) < 4.78 is 0. The topological polar surface area (TPSA) is 123 Å². The van der Waals surface area contributed by atoms with Gasteiger partial charge in [0.1, 0.15) is 0 Å². The minimum Gasteiger partial charge on any atom is -0.364 e. The van der Waals surface area contributed by atoms with Crippen LogP contribution in [0.2, 0.25) is 0 Å². The standard InChI is InChI=1S/C15H22N8O2/c24-13-12(20-21-15(25)19-13)16-4-1-2-7-22-8-10-23(11-9-22)14-17-5-3-6-18-14/h3,5-6H,1-2,4,7-11H2,(H,16,20)(H2,19,21,24,25). The number of aromatic amines is 2. The first kappa shape index (κ1) is 17.1. The van der Waals surface area contributed by atoms with Gasteiger partial charge in [-0.25, -0.2) is 19.9 Å². The summed E-state index contributed by atoms with van der Waals surface area (Å²) in [5.41, 5.74) is -1.10. The van der Waals surface area contributed by atoms with Crippen LogP contribution in [0.1, 0.15) is 12.8 Å². The zero-order valence-electron chi connectivity index (χ0n) is 13.9. The molecule has 0 aromatic carbocycles. The Morgan fingerprint density at radius 3 is 2.56 bits per heavy atom. The van der Waals surface area contributed by atoms with Gasteiger partial charge < -0.3 is 10.2 Å². The molecular weight excluding hydrogens is 324 g/mol. The quantitative estimate of drug-likeness (QED) is 0.560. The number of rotatable bonds is 7. The van der Waals surface area contributed by atoms with Crippen LogP contribution in [0.3, 0.4) is 0 Å². The molecule has 0 radical (unpaired) electrons. The lowest BCUT2D eigenvalue weighted by Crippen LogP contribution is -2.47. The van der Waals surface area contributed by atoms with Crippen LogP contribution < -0.4 is 21.5 Å². The van der Waals surface area contributed by atoms with Crippen molar-refractivity contribution in [1.29, 1.82) is 0 Å². The molecule has 3 rings (SSSR count). The van der Waals surface area contributed by atoms with E-state index in [1.807, 2.05) is 6.07 Å². The molecule has 0 unspecified atom stereocenters.